The SMILES string of the molecule is C[C@H]1[C@H](NC(=O)/C(=N\OC(COc2ccc(C(N)=NC3CCNCC3)cc2)C(=O)O)c2nc(N)sc2C(F)(F)F)C(=O)N1S(=O)(=O)O. The monoisotopic (exact) mass is 706 g/mol. The molecule has 4 rings (SSSR count). The van der Waals surface area contributed by atoms with Crippen molar-refractivity contribution in [3.8, 4) is 5.75 Å². The highest BCUT2D eigenvalue weighted by Crippen LogP contribution is 2.38. The highest BCUT2D eigenvalue weighted by atomic mass is 32.2. The second kappa shape index (κ2) is 14.1. The van der Waals surface area contributed by atoms with Gasteiger partial charge in [0, 0.05) is 5.56 Å². The molecule has 256 valence electrons. The van der Waals surface area contributed by atoms with E-state index in [0.717, 1.165) is 32.9 Å². The van der Waals surface area contributed by atoms with Crippen LogP contribution in [0.3, 0.4) is 0 Å². The fourth-order valence-electron chi connectivity index (χ4n) is 4.56. The number of hydrogen-bond donors (Lipinski definition) is 6. The maximum atomic E-state index is 13.8. The molecule has 3 atom stereocenters. The van der Waals surface area contributed by atoms with Crippen molar-refractivity contribution in [1.82, 2.24) is 19.9 Å². The number of β-lactam (4-membered cyclic amide) rings is 1. The third kappa shape index (κ3) is 8.44. The van der Waals surface area contributed by atoms with Crippen LogP contribution in [0.5, 0.6) is 5.75 Å². The van der Waals surface area contributed by atoms with Crippen molar-refractivity contribution in [2.24, 2.45) is 15.9 Å². The fraction of sp³-hybridized carbons (Fsp3) is 0.440. The van der Waals surface area contributed by atoms with Crippen LogP contribution in [0.15, 0.2) is 34.4 Å². The van der Waals surface area contributed by atoms with Gasteiger partial charge in [0.25, 0.3) is 17.9 Å². The van der Waals surface area contributed by atoms with E-state index < -0.39 is 80.5 Å². The summed E-state index contributed by atoms with van der Waals surface area (Å²) in [7, 11) is -4.99. The van der Waals surface area contributed by atoms with Crippen molar-refractivity contribution < 1.29 is 55.2 Å². The Bertz CT molecular complexity index is 1680. The number of carboxylic acid groups (broad SMARTS) is 1. The number of nitrogens with one attached hydrogen (secondary N) is 2. The normalized spacial score (nSPS) is 20.4. The van der Waals surface area contributed by atoms with E-state index in [1.54, 1.807) is 12.1 Å². The van der Waals surface area contributed by atoms with Gasteiger partial charge in [0.15, 0.2) is 10.8 Å². The molecule has 0 radical (unpaired) electrons. The third-order valence-corrected chi connectivity index (χ3v) is 8.88. The number of amides is 2. The number of anilines is 1. The molecule has 1 aromatic heterocycles. The molecule has 0 aliphatic carbocycles. The molecule has 0 bridgehead atoms. The van der Waals surface area contributed by atoms with E-state index in [1.807, 2.05) is 5.32 Å². The summed E-state index contributed by atoms with van der Waals surface area (Å²) >= 11 is -0.0522. The highest BCUT2D eigenvalue weighted by molar-refractivity contribution is 7.84. The minimum Gasteiger partial charge on any atom is -0.489 e. The van der Waals surface area contributed by atoms with Crippen LogP contribution < -0.4 is 26.8 Å². The van der Waals surface area contributed by atoms with Crippen molar-refractivity contribution in [2.45, 2.75) is 50.2 Å². The quantitative estimate of drug-likeness (QED) is 0.0558. The van der Waals surface area contributed by atoms with Gasteiger partial charge in [-0.3, -0.25) is 19.1 Å². The Morgan fingerprint density at radius 3 is 2.45 bits per heavy atom. The summed E-state index contributed by atoms with van der Waals surface area (Å²) in [5.74, 6) is -4.04. The molecule has 0 saturated carbocycles. The van der Waals surface area contributed by atoms with Crippen molar-refractivity contribution in [3.63, 3.8) is 0 Å². The van der Waals surface area contributed by atoms with Gasteiger partial charge in [-0.15, -0.1) is 0 Å². The number of halogens is 3. The maximum absolute atomic E-state index is 13.8. The summed E-state index contributed by atoms with van der Waals surface area (Å²) in [5, 5.41) is 17.6. The Morgan fingerprint density at radius 1 is 1.26 bits per heavy atom. The molecule has 2 aromatic rings. The van der Waals surface area contributed by atoms with Crippen LogP contribution in [0, 0.1) is 0 Å². The Hall–Kier alpha value is -4.54. The first-order valence-corrected chi connectivity index (χ1v) is 15.9. The van der Waals surface area contributed by atoms with Crippen LogP contribution in [-0.4, -0.2) is 101 Å². The van der Waals surface area contributed by atoms with Crippen molar-refractivity contribution in [1.29, 1.82) is 0 Å². The number of hydrogen-bond acceptors (Lipinski definition) is 13. The molecule has 1 unspecified atom stereocenters. The Kier molecular flexibility index (Phi) is 10.6. The van der Waals surface area contributed by atoms with Crippen molar-refractivity contribution in [3.05, 3.63) is 40.4 Å². The number of aromatic nitrogens is 1. The summed E-state index contributed by atoms with van der Waals surface area (Å²) in [6, 6.07) is 3.23. The molecule has 47 heavy (non-hydrogen) atoms. The lowest BCUT2D eigenvalue weighted by Crippen LogP contribution is -2.71. The number of nitrogen functional groups attached to an aromatic ring is 1. The number of ether oxygens (including phenoxy) is 1. The molecule has 2 aliphatic heterocycles. The van der Waals surface area contributed by atoms with E-state index in [1.165, 1.54) is 12.1 Å². The van der Waals surface area contributed by atoms with E-state index >= 15 is 0 Å². The number of piperidine rings is 1. The number of oxime groups is 1. The van der Waals surface area contributed by atoms with Gasteiger partial charge in [-0.2, -0.15) is 21.6 Å². The number of carbonyl (C=O) groups is 3. The largest absolute Gasteiger partial charge is 0.489 e. The van der Waals surface area contributed by atoms with E-state index in [-0.39, 0.29) is 27.4 Å². The standard InChI is InChI=1S/C25H29F3N8O9S2/c1-11-16(22(38)36(11)47(41,42)43)33-21(37)18(17-19(25(26,27)28)46-24(30)34-17)35-45-15(23(39)40)10-44-14-4-2-12(3-5-14)20(29)32-13-6-8-31-9-7-13/h2-5,11,13,15-16,31H,6-10H2,1H3,(H2,29,32)(H2,30,34)(H,33,37)(H,39,40)(H,41,42,43)/b35-18-/t11-,15?,16-/m0/s1. The van der Waals surface area contributed by atoms with Gasteiger partial charge in [0.2, 0.25) is 0 Å². The number of rotatable bonds is 12. The smallest absolute Gasteiger partial charge is 0.427 e. The van der Waals surface area contributed by atoms with Gasteiger partial charge in [0.05, 0.1) is 12.1 Å². The number of alkyl halides is 3. The van der Waals surface area contributed by atoms with Gasteiger partial charge in [-0.1, -0.05) is 16.5 Å². The Morgan fingerprint density at radius 2 is 1.89 bits per heavy atom. The van der Waals surface area contributed by atoms with Gasteiger partial charge in [-0.25, -0.2) is 14.1 Å². The van der Waals surface area contributed by atoms with E-state index in [9.17, 15) is 41.1 Å². The lowest BCUT2D eigenvalue weighted by molar-refractivity contribution is -0.152. The number of benzene rings is 1. The van der Waals surface area contributed by atoms with E-state index in [2.05, 4.69) is 20.4 Å². The zero-order chi connectivity index (χ0) is 34.7. The van der Waals surface area contributed by atoms with Crippen LogP contribution in [0.25, 0.3) is 0 Å². The molecular weight excluding hydrogens is 677 g/mol. The molecule has 1 aromatic carbocycles. The number of carbonyl (C=O) groups excluding carboxylic acids is 2. The first kappa shape index (κ1) is 35.3. The second-order valence-corrected chi connectivity index (χ2v) is 12.6. The lowest BCUT2D eigenvalue weighted by Gasteiger charge is -2.42. The molecule has 2 amide bonds. The summed E-state index contributed by atoms with van der Waals surface area (Å²) in [4.78, 5) is 48.7. The van der Waals surface area contributed by atoms with Crippen molar-refractivity contribution in [2.75, 3.05) is 25.4 Å². The zero-order valence-electron chi connectivity index (χ0n) is 24.3. The average Bonchev–Trinajstić information content (AvgIpc) is 3.39. The summed E-state index contributed by atoms with van der Waals surface area (Å²) in [6.07, 6.45) is -5.41. The summed E-state index contributed by atoms with van der Waals surface area (Å²) in [5.41, 5.74) is 9.77. The molecular formula is C25H29F3N8O9S2. The van der Waals surface area contributed by atoms with Crippen LogP contribution in [0.4, 0.5) is 18.3 Å². The molecule has 17 nitrogen and oxygen atoms in total. The number of thiazole rings is 1. The molecule has 2 aliphatic rings. The van der Waals surface area contributed by atoms with E-state index in [4.69, 9.17) is 25.6 Å². The number of amidine groups is 1. The molecule has 2 saturated heterocycles. The minimum atomic E-state index is -5.10. The number of nitrogens with two attached hydrogens (primary N) is 2. The molecule has 8 N–H and O–H groups in total. The van der Waals surface area contributed by atoms with Gasteiger partial charge in [0.1, 0.15) is 34.8 Å². The van der Waals surface area contributed by atoms with Crippen LogP contribution in [-0.2, 0) is 35.7 Å². The molecule has 0 spiro atoms. The van der Waals surface area contributed by atoms with Gasteiger partial charge < -0.3 is 36.8 Å². The van der Waals surface area contributed by atoms with Gasteiger partial charge in [-0.05, 0) is 57.1 Å². The van der Waals surface area contributed by atoms with Crippen LogP contribution >= 0.6 is 11.3 Å². The average molecular weight is 707 g/mol. The Balaban J connectivity index is 1.52. The van der Waals surface area contributed by atoms with Crippen LogP contribution in [0.2, 0.25) is 0 Å². The predicted molar refractivity (Wildman–Crippen MR) is 159 cm³/mol. The number of aliphatic carboxylic acids is 1. The van der Waals surface area contributed by atoms with E-state index in [0.29, 0.717) is 11.4 Å². The number of nitrogens with zero attached hydrogens (tertiary/aromatic N) is 4. The zero-order valence-corrected chi connectivity index (χ0v) is 25.9. The first-order valence-electron chi connectivity index (χ1n) is 13.7. The van der Waals surface area contributed by atoms with Gasteiger partial charge >= 0.3 is 22.4 Å². The lowest BCUT2D eigenvalue weighted by atomic mass is 10.0. The molecule has 22 heteroatoms. The molecule has 2 fully saturated rings. The Labute approximate surface area is 268 Å². The minimum absolute atomic E-state index is 0.0349. The van der Waals surface area contributed by atoms with Crippen molar-refractivity contribution >= 4 is 56.1 Å². The first-order chi connectivity index (χ1) is 22.0. The predicted octanol–water partition coefficient (Wildman–Crippen LogP) is -0.0274. The number of carboxylic acids is 1. The fourth-order valence-corrected chi connectivity index (χ4v) is 6.14. The third-order valence-electron chi connectivity index (χ3n) is 6.94. The summed E-state index contributed by atoms with van der Waals surface area (Å²) in [6.45, 7) is 2.04. The van der Waals surface area contributed by atoms with Crippen LogP contribution in [0.1, 0.15) is 35.9 Å². The summed E-state index contributed by atoms with van der Waals surface area (Å²) < 4.78 is 78.7. The topological polar surface area (TPSA) is 261 Å². The number of aliphatic imine (C=N–C) groups is 1. The highest BCUT2D eigenvalue weighted by Gasteiger charge is 2.52. The molecule has 3 heterocycles. The second-order valence-electron chi connectivity index (χ2n) is 10.2. The maximum Gasteiger partial charge on any atom is 0.427 e.